The van der Waals surface area contributed by atoms with E-state index in [4.69, 9.17) is 20.8 Å². The van der Waals surface area contributed by atoms with Gasteiger partial charge in [-0.25, -0.2) is 6.57 Å². The van der Waals surface area contributed by atoms with E-state index in [-0.39, 0.29) is 31.0 Å². The molecule has 9 nitrogen and oxygen atoms in total. The lowest BCUT2D eigenvalue weighted by molar-refractivity contribution is -0.135. The number of hydrogen-bond donors (Lipinski definition) is 0. The number of rotatable bonds is 7. The van der Waals surface area contributed by atoms with Crippen LogP contribution in [0.4, 0.5) is 0 Å². The molecule has 2 heterocycles. The Bertz CT molecular complexity index is 1180. The fraction of sp³-hybridized carbons (Fsp3) is 0.407. The van der Waals surface area contributed by atoms with Gasteiger partial charge in [-0.2, -0.15) is 5.26 Å². The maximum absolute atomic E-state index is 13.6. The second-order valence-electron chi connectivity index (χ2n) is 8.80. The zero-order valence-corrected chi connectivity index (χ0v) is 20.3. The van der Waals surface area contributed by atoms with Crippen LogP contribution in [0.25, 0.3) is 4.85 Å². The van der Waals surface area contributed by atoms with Gasteiger partial charge < -0.3 is 19.1 Å². The molecule has 36 heavy (non-hydrogen) atoms. The largest absolute Gasteiger partial charge is 0.493 e. The lowest BCUT2D eigenvalue weighted by Gasteiger charge is -2.28. The van der Waals surface area contributed by atoms with E-state index in [0.29, 0.717) is 30.2 Å². The summed E-state index contributed by atoms with van der Waals surface area (Å²) in [6.45, 7) is 8.30. The van der Waals surface area contributed by atoms with E-state index in [1.165, 1.54) is 19.1 Å². The molecule has 2 aromatic rings. The third-order valence-electron chi connectivity index (χ3n) is 6.62. The van der Waals surface area contributed by atoms with Crippen LogP contribution in [0, 0.1) is 23.8 Å². The first-order valence-corrected chi connectivity index (χ1v) is 11.8. The van der Waals surface area contributed by atoms with Gasteiger partial charge in [0.1, 0.15) is 12.6 Å². The second kappa shape index (κ2) is 11.0. The van der Waals surface area contributed by atoms with Gasteiger partial charge in [0.15, 0.2) is 11.5 Å². The number of methoxy groups -OCH3 is 2. The third kappa shape index (κ3) is 4.92. The van der Waals surface area contributed by atoms with Gasteiger partial charge in [0.25, 0.3) is 11.8 Å². The van der Waals surface area contributed by atoms with Crippen molar-refractivity contribution >= 4 is 11.8 Å². The van der Waals surface area contributed by atoms with E-state index in [2.05, 4.69) is 10.9 Å². The van der Waals surface area contributed by atoms with Gasteiger partial charge in [-0.1, -0.05) is 30.3 Å². The minimum Gasteiger partial charge on any atom is -0.493 e. The van der Waals surface area contributed by atoms with Crippen molar-refractivity contribution < 1.29 is 23.8 Å². The molecule has 4 rings (SSSR count). The van der Waals surface area contributed by atoms with Crippen LogP contribution in [-0.2, 0) is 11.4 Å². The lowest BCUT2D eigenvalue weighted by atomic mass is 10.1. The van der Waals surface area contributed by atoms with Gasteiger partial charge >= 0.3 is 6.17 Å². The summed E-state index contributed by atoms with van der Waals surface area (Å²) in [6.07, 6.45) is 1.10. The van der Waals surface area contributed by atoms with E-state index in [1.807, 2.05) is 30.3 Å². The molecule has 0 saturated carbocycles. The van der Waals surface area contributed by atoms with Crippen LogP contribution in [0.1, 0.15) is 35.2 Å². The third-order valence-corrected chi connectivity index (χ3v) is 6.62. The summed E-state index contributed by atoms with van der Waals surface area (Å²) in [5, 5.41) is 9.54. The SMILES string of the molecule is [C-]#[N+][C@@H]1CCCN1C(=O)[C@@H]1C[C@@H](C#N)CN1C(=O)c1cc(OC)c(OCc2ccccc2)c(OC)c1. The predicted molar refractivity (Wildman–Crippen MR) is 130 cm³/mol. The Morgan fingerprint density at radius 1 is 1.14 bits per heavy atom. The predicted octanol–water partition coefficient (Wildman–Crippen LogP) is 3.50. The van der Waals surface area contributed by atoms with Gasteiger partial charge in [0.05, 0.1) is 26.2 Å². The summed E-state index contributed by atoms with van der Waals surface area (Å²) in [7, 11) is 2.95. The Hall–Kier alpha value is -4.24. The molecule has 0 bridgehead atoms. The number of amides is 2. The average molecular weight is 489 g/mol. The highest BCUT2D eigenvalue weighted by molar-refractivity contribution is 5.99. The first-order valence-electron chi connectivity index (χ1n) is 11.8. The summed E-state index contributed by atoms with van der Waals surface area (Å²) >= 11 is 0. The van der Waals surface area contributed by atoms with E-state index in [0.717, 1.165) is 12.0 Å². The Kier molecular flexibility index (Phi) is 7.60. The highest BCUT2D eigenvalue weighted by Gasteiger charge is 2.45. The minimum atomic E-state index is -0.796. The van der Waals surface area contributed by atoms with Crippen molar-refractivity contribution in [1.82, 2.24) is 9.80 Å². The number of nitriles is 1. The quantitative estimate of drug-likeness (QED) is 0.554. The number of hydrogen-bond acceptors (Lipinski definition) is 6. The standard InChI is InChI=1S/C27H28N4O5/c1-29-24-10-7-11-30(24)27(33)21-12-19(15-28)16-31(21)26(32)20-13-22(34-2)25(23(14-20)35-3)36-17-18-8-5-4-6-9-18/h4-6,8-9,13-14,19,21,24H,7,10-12,16-17H2,2-3H3/t19-,21-,24-/m0/s1. The molecular weight excluding hydrogens is 460 g/mol. The van der Waals surface area contributed by atoms with Gasteiger partial charge in [0, 0.05) is 25.1 Å². The van der Waals surface area contributed by atoms with Crippen LogP contribution in [0.3, 0.4) is 0 Å². The molecule has 0 aromatic heterocycles. The topological polar surface area (TPSA) is 96.5 Å². The highest BCUT2D eigenvalue weighted by Crippen LogP contribution is 2.40. The van der Waals surface area contributed by atoms with Crippen molar-refractivity contribution in [3.8, 4) is 23.3 Å². The summed E-state index contributed by atoms with van der Waals surface area (Å²) in [5.74, 6) is -0.145. The maximum Gasteiger partial charge on any atom is 0.300 e. The van der Waals surface area contributed by atoms with Gasteiger partial charge in [-0.3, -0.25) is 19.3 Å². The van der Waals surface area contributed by atoms with Crippen LogP contribution in [0.5, 0.6) is 17.2 Å². The Morgan fingerprint density at radius 2 is 1.83 bits per heavy atom. The zero-order chi connectivity index (χ0) is 25.7. The smallest absolute Gasteiger partial charge is 0.300 e. The molecule has 3 atom stereocenters. The van der Waals surface area contributed by atoms with E-state index in [9.17, 15) is 14.9 Å². The molecule has 2 aromatic carbocycles. The molecule has 0 aliphatic carbocycles. The van der Waals surface area contributed by atoms with Crippen LogP contribution in [-0.4, -0.2) is 61.1 Å². The van der Waals surface area contributed by atoms with Crippen LogP contribution in [0.15, 0.2) is 42.5 Å². The number of carbonyl (C=O) groups is 2. The van der Waals surface area contributed by atoms with E-state index in [1.54, 1.807) is 17.0 Å². The summed E-state index contributed by atoms with van der Waals surface area (Å²) in [4.78, 5) is 33.5. The average Bonchev–Trinajstić information content (AvgIpc) is 3.58. The monoisotopic (exact) mass is 488 g/mol. The Morgan fingerprint density at radius 3 is 2.44 bits per heavy atom. The van der Waals surface area contributed by atoms with Crippen LogP contribution < -0.4 is 14.2 Å². The van der Waals surface area contributed by atoms with Crippen LogP contribution in [0.2, 0.25) is 0 Å². The molecule has 0 radical (unpaired) electrons. The molecular formula is C27H28N4O5. The van der Waals surface area contributed by atoms with Crippen molar-refractivity contribution in [1.29, 1.82) is 5.26 Å². The van der Waals surface area contributed by atoms with E-state index < -0.39 is 24.0 Å². The first-order chi connectivity index (χ1) is 17.5. The number of ether oxygens (including phenoxy) is 3. The molecule has 0 spiro atoms. The summed E-state index contributed by atoms with van der Waals surface area (Å²) < 4.78 is 17.0. The van der Waals surface area contributed by atoms with Crippen molar-refractivity contribution in [2.45, 2.75) is 38.1 Å². The molecule has 9 heteroatoms. The Balaban J connectivity index is 1.61. The van der Waals surface area contributed by atoms with Gasteiger partial charge in [0.2, 0.25) is 5.75 Å². The number of carbonyl (C=O) groups excluding carboxylic acids is 2. The normalized spacial score (nSPS) is 20.9. The first kappa shape index (κ1) is 24.9. The van der Waals surface area contributed by atoms with Gasteiger partial charge in [-0.15, -0.1) is 0 Å². The molecule has 0 unspecified atom stereocenters. The fourth-order valence-corrected chi connectivity index (χ4v) is 4.76. The molecule has 2 saturated heterocycles. The van der Waals surface area contributed by atoms with Crippen molar-refractivity contribution in [2.75, 3.05) is 27.3 Å². The summed E-state index contributed by atoms with van der Waals surface area (Å²) in [6, 6.07) is 14.1. The van der Waals surface area contributed by atoms with Gasteiger partial charge in [-0.05, 0) is 30.5 Å². The molecule has 2 fully saturated rings. The number of benzene rings is 2. The summed E-state index contributed by atoms with van der Waals surface area (Å²) in [5.41, 5.74) is 1.22. The molecule has 186 valence electrons. The van der Waals surface area contributed by atoms with Crippen LogP contribution >= 0.6 is 0 Å². The maximum atomic E-state index is 13.6. The molecule has 0 N–H and O–H groups in total. The molecule has 2 aliphatic heterocycles. The molecule has 2 aliphatic rings. The minimum absolute atomic E-state index is 0.138. The number of nitrogens with zero attached hydrogens (tertiary/aromatic N) is 4. The highest BCUT2D eigenvalue weighted by atomic mass is 16.5. The van der Waals surface area contributed by atoms with Crippen molar-refractivity contribution in [3.63, 3.8) is 0 Å². The van der Waals surface area contributed by atoms with Crippen molar-refractivity contribution in [3.05, 3.63) is 65.0 Å². The number of likely N-dealkylation sites (tertiary alicyclic amines) is 2. The Labute approximate surface area is 210 Å². The van der Waals surface area contributed by atoms with E-state index >= 15 is 0 Å². The lowest BCUT2D eigenvalue weighted by Crippen LogP contribution is -2.48. The van der Waals surface area contributed by atoms with Crippen molar-refractivity contribution in [2.24, 2.45) is 5.92 Å². The second-order valence-corrected chi connectivity index (χ2v) is 8.80. The molecule has 2 amide bonds. The fourth-order valence-electron chi connectivity index (χ4n) is 4.76. The zero-order valence-electron chi connectivity index (χ0n) is 20.3.